The normalized spacial score (nSPS) is 14.2. The lowest BCUT2D eigenvalue weighted by Crippen LogP contribution is -2.51. The molecule has 8 nitrogen and oxygen atoms in total. The van der Waals surface area contributed by atoms with E-state index < -0.39 is 0 Å². The average molecular weight is 415 g/mol. The smallest absolute Gasteiger partial charge is 0.238 e. The number of anilines is 2. The highest BCUT2D eigenvalue weighted by atomic mass is 32.2. The largest absolute Gasteiger partial charge is 0.338 e. The van der Waals surface area contributed by atoms with Gasteiger partial charge in [0.1, 0.15) is 0 Å². The number of hydrogen-bond acceptors (Lipinski definition) is 7. The van der Waals surface area contributed by atoms with Gasteiger partial charge in [-0.3, -0.25) is 14.5 Å². The second-order valence-electron chi connectivity index (χ2n) is 6.84. The second-order valence-corrected chi connectivity index (χ2v) is 7.69. The molecule has 29 heavy (non-hydrogen) atoms. The van der Waals surface area contributed by atoms with Crippen molar-refractivity contribution in [1.82, 2.24) is 19.8 Å². The van der Waals surface area contributed by atoms with Crippen molar-refractivity contribution in [2.45, 2.75) is 4.90 Å². The van der Waals surface area contributed by atoms with E-state index in [0.717, 1.165) is 10.6 Å². The molecule has 0 unspecified atom stereocenters. The number of nitrogens with zero attached hydrogens (tertiary/aromatic N) is 5. The number of rotatable bonds is 7. The van der Waals surface area contributed by atoms with Gasteiger partial charge in [0.2, 0.25) is 17.8 Å². The van der Waals surface area contributed by atoms with Crippen LogP contribution in [-0.2, 0) is 9.59 Å². The molecule has 0 saturated carbocycles. The molecule has 9 heteroatoms. The fourth-order valence-electron chi connectivity index (χ4n) is 3.18. The molecule has 0 spiro atoms. The van der Waals surface area contributed by atoms with Crippen LogP contribution in [0.15, 0.2) is 47.6 Å². The molecule has 154 valence electrons. The third kappa shape index (κ3) is 5.91. The lowest BCUT2D eigenvalue weighted by atomic mass is 10.3. The molecular formula is C20H26N6O2S. The highest BCUT2D eigenvalue weighted by molar-refractivity contribution is 7.98. The van der Waals surface area contributed by atoms with Crippen molar-refractivity contribution < 1.29 is 9.59 Å². The maximum atomic E-state index is 12.6. The number of nitrogens with one attached hydrogen (secondary N) is 1. The van der Waals surface area contributed by atoms with Gasteiger partial charge in [0, 0.05) is 43.5 Å². The van der Waals surface area contributed by atoms with E-state index in [4.69, 9.17) is 0 Å². The molecule has 2 aromatic rings. The van der Waals surface area contributed by atoms with Crippen LogP contribution in [0, 0.1) is 0 Å². The molecule has 2 heterocycles. The Kier molecular flexibility index (Phi) is 7.42. The number of piperazine rings is 1. The van der Waals surface area contributed by atoms with Crippen molar-refractivity contribution in [3.05, 3.63) is 42.7 Å². The predicted octanol–water partition coefficient (Wildman–Crippen LogP) is 1.42. The standard InChI is InChI=1S/C20H26N6O2S/c1-24(14-18(27)23-16-6-3-4-7-17(16)29-2)15-19(28)25-10-12-26(13-11-25)20-21-8-5-9-22-20/h3-9H,10-15H2,1-2H3,(H,23,27). The number of amides is 2. The summed E-state index contributed by atoms with van der Waals surface area (Å²) in [6.45, 7) is 3.01. The van der Waals surface area contributed by atoms with Crippen molar-refractivity contribution in [3.8, 4) is 0 Å². The van der Waals surface area contributed by atoms with Gasteiger partial charge in [-0.1, -0.05) is 12.1 Å². The van der Waals surface area contributed by atoms with Gasteiger partial charge in [-0.05, 0) is 31.5 Å². The Morgan fingerprint density at radius 2 is 1.76 bits per heavy atom. The SMILES string of the molecule is CSc1ccccc1NC(=O)CN(C)CC(=O)N1CCN(c2ncccn2)CC1. The molecule has 0 radical (unpaired) electrons. The summed E-state index contributed by atoms with van der Waals surface area (Å²) in [6, 6.07) is 9.46. The fourth-order valence-corrected chi connectivity index (χ4v) is 3.73. The van der Waals surface area contributed by atoms with Crippen molar-refractivity contribution >= 4 is 35.2 Å². The molecule has 1 fully saturated rings. The second kappa shape index (κ2) is 10.2. The van der Waals surface area contributed by atoms with Crippen LogP contribution in [-0.4, -0.2) is 84.2 Å². The van der Waals surface area contributed by atoms with Gasteiger partial charge >= 0.3 is 0 Å². The first kappa shape index (κ1) is 21.1. The number of benzene rings is 1. The molecule has 0 aliphatic carbocycles. The minimum Gasteiger partial charge on any atom is -0.338 e. The maximum absolute atomic E-state index is 12.6. The first-order chi connectivity index (χ1) is 14.1. The van der Waals surface area contributed by atoms with Crippen molar-refractivity contribution in [3.63, 3.8) is 0 Å². The van der Waals surface area contributed by atoms with E-state index >= 15 is 0 Å². The zero-order chi connectivity index (χ0) is 20.6. The molecule has 3 rings (SSSR count). The maximum Gasteiger partial charge on any atom is 0.238 e. The van der Waals surface area contributed by atoms with Crippen LogP contribution in [0.1, 0.15) is 0 Å². The molecule has 1 aliphatic heterocycles. The summed E-state index contributed by atoms with van der Waals surface area (Å²) in [5.74, 6) is 0.588. The summed E-state index contributed by atoms with van der Waals surface area (Å²) >= 11 is 1.58. The first-order valence-corrected chi connectivity index (χ1v) is 10.7. The van der Waals surface area contributed by atoms with E-state index in [9.17, 15) is 9.59 Å². The minimum absolute atomic E-state index is 0.0263. The molecule has 0 bridgehead atoms. The average Bonchev–Trinajstić information content (AvgIpc) is 2.74. The monoisotopic (exact) mass is 414 g/mol. The molecular weight excluding hydrogens is 388 g/mol. The fraction of sp³-hybridized carbons (Fsp3) is 0.400. The van der Waals surface area contributed by atoms with Crippen molar-refractivity contribution in [2.24, 2.45) is 0 Å². The molecule has 1 aromatic carbocycles. The Morgan fingerprint density at radius 1 is 1.07 bits per heavy atom. The molecule has 1 saturated heterocycles. The van der Waals surface area contributed by atoms with Gasteiger partial charge in [-0.15, -0.1) is 11.8 Å². The Bertz CT molecular complexity index is 827. The number of aromatic nitrogens is 2. The topological polar surface area (TPSA) is 81.7 Å². The Labute approximate surface area is 175 Å². The number of hydrogen-bond donors (Lipinski definition) is 1. The van der Waals surface area contributed by atoms with Crippen LogP contribution < -0.4 is 10.2 Å². The third-order valence-electron chi connectivity index (χ3n) is 4.67. The van der Waals surface area contributed by atoms with Gasteiger partial charge in [0.05, 0.1) is 18.8 Å². The first-order valence-electron chi connectivity index (χ1n) is 9.48. The molecule has 1 aliphatic rings. The van der Waals surface area contributed by atoms with Gasteiger partial charge in [-0.25, -0.2) is 9.97 Å². The van der Waals surface area contributed by atoms with Gasteiger partial charge < -0.3 is 15.1 Å². The Balaban J connectivity index is 1.44. The van der Waals surface area contributed by atoms with E-state index in [0.29, 0.717) is 32.1 Å². The van der Waals surface area contributed by atoms with Crippen LogP contribution in [0.25, 0.3) is 0 Å². The lowest BCUT2D eigenvalue weighted by Gasteiger charge is -2.35. The van der Waals surface area contributed by atoms with Gasteiger partial charge in [-0.2, -0.15) is 0 Å². The summed E-state index contributed by atoms with van der Waals surface area (Å²) in [4.78, 5) is 40.1. The molecule has 0 atom stereocenters. The van der Waals surface area contributed by atoms with Crippen LogP contribution in [0.2, 0.25) is 0 Å². The molecule has 1 N–H and O–H groups in total. The quantitative estimate of drug-likeness (QED) is 0.686. The lowest BCUT2D eigenvalue weighted by molar-refractivity contribution is -0.132. The zero-order valence-electron chi connectivity index (χ0n) is 16.7. The molecule has 1 aromatic heterocycles. The summed E-state index contributed by atoms with van der Waals surface area (Å²) in [5, 5.41) is 2.92. The summed E-state index contributed by atoms with van der Waals surface area (Å²) in [6.07, 6.45) is 5.41. The third-order valence-corrected chi connectivity index (χ3v) is 5.46. The van der Waals surface area contributed by atoms with E-state index in [1.807, 2.05) is 35.4 Å². The minimum atomic E-state index is -0.132. The highest BCUT2D eigenvalue weighted by Crippen LogP contribution is 2.24. The van der Waals surface area contributed by atoms with Crippen LogP contribution in [0.3, 0.4) is 0 Å². The summed E-state index contributed by atoms with van der Waals surface area (Å²) in [7, 11) is 1.78. The van der Waals surface area contributed by atoms with E-state index in [1.165, 1.54) is 0 Å². The van der Waals surface area contributed by atoms with Crippen molar-refractivity contribution in [2.75, 3.05) is 62.8 Å². The molecule has 2 amide bonds. The van der Waals surface area contributed by atoms with E-state index in [-0.39, 0.29) is 24.9 Å². The van der Waals surface area contributed by atoms with Crippen LogP contribution in [0.4, 0.5) is 11.6 Å². The Morgan fingerprint density at radius 3 is 2.45 bits per heavy atom. The summed E-state index contributed by atoms with van der Waals surface area (Å²) in [5.41, 5.74) is 0.795. The number of carbonyl (C=O) groups is 2. The van der Waals surface area contributed by atoms with E-state index in [2.05, 4.69) is 20.2 Å². The Hall–Kier alpha value is -2.65. The van der Waals surface area contributed by atoms with Gasteiger partial charge in [0.15, 0.2) is 0 Å². The number of carbonyl (C=O) groups excluding carboxylic acids is 2. The predicted molar refractivity (Wildman–Crippen MR) is 115 cm³/mol. The zero-order valence-corrected chi connectivity index (χ0v) is 17.6. The van der Waals surface area contributed by atoms with Crippen molar-refractivity contribution in [1.29, 1.82) is 0 Å². The van der Waals surface area contributed by atoms with Crippen LogP contribution >= 0.6 is 11.8 Å². The number of thioether (sulfide) groups is 1. The number of para-hydroxylation sites is 1. The van der Waals surface area contributed by atoms with Gasteiger partial charge in [0.25, 0.3) is 0 Å². The summed E-state index contributed by atoms with van der Waals surface area (Å²) < 4.78 is 0. The van der Waals surface area contributed by atoms with Crippen LogP contribution in [0.5, 0.6) is 0 Å². The van der Waals surface area contributed by atoms with E-state index in [1.54, 1.807) is 42.2 Å². The highest BCUT2D eigenvalue weighted by Gasteiger charge is 2.23. The number of likely N-dealkylation sites (N-methyl/N-ethyl adjacent to an activating group) is 1.